The predicted octanol–water partition coefficient (Wildman–Crippen LogP) is 3.61. The topological polar surface area (TPSA) is 28.2 Å². The van der Waals surface area contributed by atoms with E-state index in [1.165, 1.54) is 5.56 Å². The largest absolute Gasteiger partial charge is 0.350 e. The van der Waals surface area contributed by atoms with Crippen molar-refractivity contribution in [3.8, 4) is 0 Å². The van der Waals surface area contributed by atoms with Gasteiger partial charge in [0.15, 0.2) is 0 Å². The zero-order valence-corrected chi connectivity index (χ0v) is 13.2. The van der Waals surface area contributed by atoms with Crippen LogP contribution in [0.5, 0.6) is 0 Å². The first-order chi connectivity index (χ1) is 10.2. The summed E-state index contributed by atoms with van der Waals surface area (Å²) in [5, 5.41) is 3.33. The minimum Gasteiger partial charge on any atom is -0.350 e. The maximum absolute atomic E-state index is 4.79. The average molecular weight is 283 g/mol. The highest BCUT2D eigenvalue weighted by Crippen LogP contribution is 2.18. The number of rotatable bonds is 7. The fraction of sp³-hybridized carbons (Fsp3) is 0.389. The van der Waals surface area contributed by atoms with Crippen LogP contribution in [0.4, 0.5) is 5.82 Å². The number of hydrogen-bond donors (Lipinski definition) is 1. The Kier molecular flexibility index (Phi) is 5.76. The monoisotopic (exact) mass is 283 g/mol. The molecule has 1 aromatic carbocycles. The van der Waals surface area contributed by atoms with Gasteiger partial charge in [0.05, 0.1) is 5.69 Å². The summed E-state index contributed by atoms with van der Waals surface area (Å²) >= 11 is 0. The molecule has 0 fully saturated rings. The standard InChI is InChI=1S/C18H25N3/c1-4-19-13-17-11-8-12-18(20-17)21(15(2)3)14-16-9-6-5-7-10-16/h5-12,15,19H,4,13-14H2,1-3H3. The quantitative estimate of drug-likeness (QED) is 0.841. The molecule has 0 atom stereocenters. The molecule has 1 heterocycles. The maximum atomic E-state index is 4.79. The molecule has 3 heteroatoms. The number of nitrogens with one attached hydrogen (secondary N) is 1. The highest BCUT2D eigenvalue weighted by atomic mass is 15.2. The van der Waals surface area contributed by atoms with Crippen molar-refractivity contribution in [3.05, 3.63) is 59.8 Å². The fourth-order valence-corrected chi connectivity index (χ4v) is 2.29. The van der Waals surface area contributed by atoms with Crippen LogP contribution in [0.1, 0.15) is 32.0 Å². The van der Waals surface area contributed by atoms with E-state index >= 15 is 0 Å². The van der Waals surface area contributed by atoms with Crippen LogP contribution in [0, 0.1) is 0 Å². The molecule has 2 aromatic rings. The van der Waals surface area contributed by atoms with Gasteiger partial charge >= 0.3 is 0 Å². The van der Waals surface area contributed by atoms with Crippen LogP contribution >= 0.6 is 0 Å². The van der Waals surface area contributed by atoms with Crippen molar-refractivity contribution in [2.45, 2.75) is 39.9 Å². The molecule has 0 spiro atoms. The first-order valence-electron chi connectivity index (χ1n) is 7.68. The van der Waals surface area contributed by atoms with Gasteiger partial charge in [-0.25, -0.2) is 4.98 Å². The summed E-state index contributed by atoms with van der Waals surface area (Å²) in [5.74, 6) is 1.05. The molecule has 0 aliphatic carbocycles. The van der Waals surface area contributed by atoms with E-state index in [0.29, 0.717) is 6.04 Å². The SMILES string of the molecule is CCNCc1cccc(N(Cc2ccccc2)C(C)C)n1. The summed E-state index contributed by atoms with van der Waals surface area (Å²) in [6.07, 6.45) is 0. The maximum Gasteiger partial charge on any atom is 0.129 e. The average Bonchev–Trinajstić information content (AvgIpc) is 2.51. The van der Waals surface area contributed by atoms with E-state index in [2.05, 4.69) is 79.5 Å². The summed E-state index contributed by atoms with van der Waals surface area (Å²) in [6.45, 7) is 9.20. The van der Waals surface area contributed by atoms with Crippen LogP contribution in [0.15, 0.2) is 48.5 Å². The number of anilines is 1. The molecule has 21 heavy (non-hydrogen) atoms. The molecule has 0 saturated heterocycles. The summed E-state index contributed by atoms with van der Waals surface area (Å²) in [7, 11) is 0. The van der Waals surface area contributed by atoms with Gasteiger partial charge in [-0.2, -0.15) is 0 Å². The van der Waals surface area contributed by atoms with Crippen LogP contribution in [0.25, 0.3) is 0 Å². The Hall–Kier alpha value is -1.87. The van der Waals surface area contributed by atoms with Crippen molar-refractivity contribution >= 4 is 5.82 Å². The van der Waals surface area contributed by atoms with Crippen molar-refractivity contribution in [2.24, 2.45) is 0 Å². The molecule has 0 bridgehead atoms. The first kappa shape index (κ1) is 15.5. The van der Waals surface area contributed by atoms with Crippen molar-refractivity contribution in [3.63, 3.8) is 0 Å². The van der Waals surface area contributed by atoms with E-state index in [4.69, 9.17) is 4.98 Å². The van der Waals surface area contributed by atoms with Gasteiger partial charge in [-0.05, 0) is 38.1 Å². The smallest absolute Gasteiger partial charge is 0.129 e. The second-order valence-electron chi connectivity index (χ2n) is 5.47. The number of aromatic nitrogens is 1. The van der Waals surface area contributed by atoms with Gasteiger partial charge in [-0.1, -0.05) is 43.3 Å². The minimum atomic E-state index is 0.409. The second-order valence-corrected chi connectivity index (χ2v) is 5.47. The Balaban J connectivity index is 2.18. The first-order valence-corrected chi connectivity index (χ1v) is 7.68. The Labute approximate surface area is 128 Å². The molecule has 0 radical (unpaired) electrons. The predicted molar refractivity (Wildman–Crippen MR) is 89.4 cm³/mol. The number of nitrogens with zero attached hydrogens (tertiary/aromatic N) is 2. The van der Waals surface area contributed by atoms with Gasteiger partial charge in [-0.15, -0.1) is 0 Å². The third-order valence-corrected chi connectivity index (χ3v) is 3.46. The van der Waals surface area contributed by atoms with E-state index in [1.807, 2.05) is 0 Å². The number of benzene rings is 1. The van der Waals surface area contributed by atoms with Crippen LogP contribution < -0.4 is 10.2 Å². The van der Waals surface area contributed by atoms with E-state index < -0.39 is 0 Å². The van der Waals surface area contributed by atoms with E-state index in [-0.39, 0.29) is 0 Å². The molecule has 0 aliphatic rings. The van der Waals surface area contributed by atoms with E-state index in [9.17, 15) is 0 Å². The highest BCUT2D eigenvalue weighted by Gasteiger charge is 2.12. The van der Waals surface area contributed by atoms with Gasteiger partial charge in [0.1, 0.15) is 5.82 Å². The Morgan fingerprint density at radius 1 is 1.05 bits per heavy atom. The van der Waals surface area contributed by atoms with Gasteiger partial charge in [0.2, 0.25) is 0 Å². The highest BCUT2D eigenvalue weighted by molar-refractivity contribution is 5.41. The Morgan fingerprint density at radius 2 is 1.81 bits per heavy atom. The molecular weight excluding hydrogens is 258 g/mol. The zero-order chi connectivity index (χ0) is 15.1. The van der Waals surface area contributed by atoms with Crippen LogP contribution in [0.2, 0.25) is 0 Å². The summed E-state index contributed by atoms with van der Waals surface area (Å²) < 4.78 is 0. The zero-order valence-electron chi connectivity index (χ0n) is 13.2. The van der Waals surface area contributed by atoms with Crippen LogP contribution in [0.3, 0.4) is 0 Å². The minimum absolute atomic E-state index is 0.409. The number of pyridine rings is 1. The lowest BCUT2D eigenvalue weighted by Crippen LogP contribution is -2.31. The molecule has 112 valence electrons. The molecule has 2 rings (SSSR count). The van der Waals surface area contributed by atoms with Gasteiger partial charge < -0.3 is 10.2 Å². The van der Waals surface area contributed by atoms with Crippen molar-refractivity contribution in [1.82, 2.24) is 10.3 Å². The normalized spacial score (nSPS) is 10.9. The summed E-state index contributed by atoms with van der Waals surface area (Å²) in [4.78, 5) is 7.13. The van der Waals surface area contributed by atoms with E-state index in [1.54, 1.807) is 0 Å². The van der Waals surface area contributed by atoms with Crippen molar-refractivity contribution in [2.75, 3.05) is 11.4 Å². The van der Waals surface area contributed by atoms with E-state index in [0.717, 1.165) is 31.1 Å². The lowest BCUT2D eigenvalue weighted by molar-refractivity contribution is 0.662. The van der Waals surface area contributed by atoms with Crippen LogP contribution in [-0.2, 0) is 13.1 Å². The lowest BCUT2D eigenvalue weighted by Gasteiger charge is -2.28. The molecule has 1 N–H and O–H groups in total. The van der Waals surface area contributed by atoms with Gasteiger partial charge in [-0.3, -0.25) is 0 Å². The molecule has 0 saturated carbocycles. The van der Waals surface area contributed by atoms with Gasteiger partial charge in [0, 0.05) is 19.1 Å². The van der Waals surface area contributed by atoms with Gasteiger partial charge in [0.25, 0.3) is 0 Å². The Bertz CT molecular complexity index is 537. The van der Waals surface area contributed by atoms with Crippen LogP contribution in [-0.4, -0.2) is 17.6 Å². The van der Waals surface area contributed by atoms with Crippen molar-refractivity contribution in [1.29, 1.82) is 0 Å². The summed E-state index contributed by atoms with van der Waals surface area (Å²) in [6, 6.07) is 17.2. The lowest BCUT2D eigenvalue weighted by atomic mass is 10.2. The fourth-order valence-electron chi connectivity index (χ4n) is 2.29. The second kappa shape index (κ2) is 7.79. The summed E-state index contributed by atoms with van der Waals surface area (Å²) in [5.41, 5.74) is 2.40. The molecule has 0 unspecified atom stereocenters. The molecule has 3 nitrogen and oxygen atoms in total. The molecule has 0 amide bonds. The molecule has 0 aliphatic heterocycles. The third-order valence-electron chi connectivity index (χ3n) is 3.46. The molecule has 1 aromatic heterocycles. The van der Waals surface area contributed by atoms with Crippen molar-refractivity contribution < 1.29 is 0 Å². The Morgan fingerprint density at radius 3 is 2.48 bits per heavy atom. The molecular formula is C18H25N3. The number of hydrogen-bond acceptors (Lipinski definition) is 3. The third kappa shape index (κ3) is 4.57.